The topological polar surface area (TPSA) is 59.1 Å². The van der Waals surface area contributed by atoms with Crippen molar-refractivity contribution in [3.05, 3.63) is 64.3 Å². The number of rotatable bonds is 4. The van der Waals surface area contributed by atoms with Crippen molar-refractivity contribution in [3.63, 3.8) is 0 Å². The van der Waals surface area contributed by atoms with Gasteiger partial charge in [0.2, 0.25) is 4.77 Å². The van der Waals surface area contributed by atoms with Gasteiger partial charge in [0, 0.05) is 5.56 Å². The Labute approximate surface area is 139 Å². The van der Waals surface area contributed by atoms with Crippen LogP contribution in [0.2, 0.25) is 0 Å². The van der Waals surface area contributed by atoms with E-state index in [-0.39, 0.29) is 0 Å². The van der Waals surface area contributed by atoms with E-state index in [1.165, 1.54) is 0 Å². The van der Waals surface area contributed by atoms with Gasteiger partial charge >= 0.3 is 0 Å². The lowest BCUT2D eigenvalue weighted by Crippen LogP contribution is -1.96. The molecule has 0 aliphatic rings. The highest BCUT2D eigenvalue weighted by Gasteiger charge is 2.09. The quantitative estimate of drug-likeness (QED) is 0.570. The van der Waals surface area contributed by atoms with Gasteiger partial charge in [0.1, 0.15) is 5.76 Å². The predicted octanol–water partition coefficient (Wildman–Crippen LogP) is 4.45. The molecule has 2 aromatic heterocycles. The molecule has 0 unspecified atom stereocenters. The second-order valence-electron chi connectivity index (χ2n) is 5.13. The number of aryl methyl sites for hydroxylation is 1. The maximum Gasteiger partial charge on any atom is 0.216 e. The van der Waals surface area contributed by atoms with Crippen LogP contribution in [0.5, 0.6) is 0 Å². The number of aromatic nitrogens is 3. The Bertz CT molecular complexity index is 916. The summed E-state index contributed by atoms with van der Waals surface area (Å²) in [6.45, 7) is 3.98. The number of aromatic amines is 1. The van der Waals surface area contributed by atoms with E-state index in [4.69, 9.17) is 16.6 Å². The molecule has 0 saturated carbocycles. The largest absolute Gasteiger partial charge is 0.465 e. The van der Waals surface area contributed by atoms with Gasteiger partial charge in [-0.05, 0) is 55.4 Å². The molecule has 5 nitrogen and oxygen atoms in total. The normalized spacial score (nSPS) is 12.2. The zero-order chi connectivity index (χ0) is 16.2. The SMILES string of the molecule is C/C(C=Nn1c(-c2ccccc2C)n[nH]c1=S)=C\c1ccco1. The highest BCUT2D eigenvalue weighted by atomic mass is 32.1. The van der Waals surface area contributed by atoms with Crippen LogP contribution in [0, 0.1) is 11.7 Å². The minimum absolute atomic E-state index is 0.449. The van der Waals surface area contributed by atoms with Gasteiger partial charge in [-0.3, -0.25) is 0 Å². The Kier molecular flexibility index (Phi) is 4.34. The van der Waals surface area contributed by atoms with Crippen LogP contribution in [0.1, 0.15) is 18.2 Å². The molecule has 6 heteroatoms. The third kappa shape index (κ3) is 3.37. The van der Waals surface area contributed by atoms with Crippen LogP contribution < -0.4 is 0 Å². The Morgan fingerprint density at radius 3 is 2.87 bits per heavy atom. The van der Waals surface area contributed by atoms with Gasteiger partial charge in [0.15, 0.2) is 5.82 Å². The van der Waals surface area contributed by atoms with Crippen molar-refractivity contribution in [2.24, 2.45) is 5.10 Å². The lowest BCUT2D eigenvalue weighted by molar-refractivity contribution is 0.557. The van der Waals surface area contributed by atoms with Crippen LogP contribution in [0.3, 0.4) is 0 Å². The first kappa shape index (κ1) is 15.2. The van der Waals surface area contributed by atoms with Gasteiger partial charge in [0.25, 0.3) is 0 Å². The molecule has 0 fully saturated rings. The molecule has 0 amide bonds. The monoisotopic (exact) mass is 324 g/mol. The van der Waals surface area contributed by atoms with Crippen molar-refractivity contribution in [2.45, 2.75) is 13.8 Å². The maximum atomic E-state index is 5.29. The van der Waals surface area contributed by atoms with Crippen molar-refractivity contribution in [2.75, 3.05) is 0 Å². The molecule has 3 rings (SSSR count). The molecular weight excluding hydrogens is 308 g/mol. The fourth-order valence-electron chi connectivity index (χ4n) is 2.18. The van der Waals surface area contributed by atoms with Crippen LogP contribution in [0.25, 0.3) is 17.5 Å². The van der Waals surface area contributed by atoms with Crippen LogP contribution >= 0.6 is 12.2 Å². The first-order valence-electron chi connectivity index (χ1n) is 7.15. The molecule has 0 radical (unpaired) electrons. The van der Waals surface area contributed by atoms with E-state index < -0.39 is 0 Å². The average molecular weight is 324 g/mol. The summed E-state index contributed by atoms with van der Waals surface area (Å²) in [4.78, 5) is 0. The average Bonchev–Trinajstić information content (AvgIpc) is 3.16. The maximum absolute atomic E-state index is 5.29. The van der Waals surface area contributed by atoms with Crippen molar-refractivity contribution >= 4 is 24.5 Å². The molecular formula is C17H16N4OS. The highest BCUT2D eigenvalue weighted by molar-refractivity contribution is 7.71. The summed E-state index contributed by atoms with van der Waals surface area (Å²) in [5, 5.41) is 11.5. The third-order valence-corrected chi connectivity index (χ3v) is 3.59. The van der Waals surface area contributed by atoms with Crippen molar-refractivity contribution in [1.29, 1.82) is 0 Å². The smallest absolute Gasteiger partial charge is 0.216 e. The standard InChI is InChI=1S/C17H16N4OS/c1-12(10-14-7-5-9-22-14)11-18-21-16(19-20-17(21)23)15-8-4-3-6-13(15)2/h3-11H,1-2H3,(H,20,23)/b12-10+,18-11?. The number of H-pyrrole nitrogens is 1. The van der Waals surface area contributed by atoms with E-state index in [0.717, 1.165) is 22.5 Å². The van der Waals surface area contributed by atoms with Crippen LogP contribution in [0.15, 0.2) is 57.8 Å². The molecule has 1 N–H and O–H groups in total. The number of nitrogens with zero attached hydrogens (tertiary/aromatic N) is 3. The van der Waals surface area contributed by atoms with E-state index in [2.05, 4.69) is 15.3 Å². The number of benzene rings is 1. The van der Waals surface area contributed by atoms with E-state index >= 15 is 0 Å². The van der Waals surface area contributed by atoms with E-state index in [1.807, 2.05) is 56.3 Å². The molecule has 0 saturated heterocycles. The molecule has 0 aliphatic heterocycles. The molecule has 3 aromatic rings. The number of allylic oxidation sites excluding steroid dienone is 1. The third-order valence-electron chi connectivity index (χ3n) is 3.33. The fourth-order valence-corrected chi connectivity index (χ4v) is 2.36. The van der Waals surface area contributed by atoms with Crippen molar-refractivity contribution < 1.29 is 4.42 Å². The molecule has 2 heterocycles. The van der Waals surface area contributed by atoms with Gasteiger partial charge in [-0.15, -0.1) is 0 Å². The Morgan fingerprint density at radius 2 is 2.13 bits per heavy atom. The molecule has 23 heavy (non-hydrogen) atoms. The van der Waals surface area contributed by atoms with E-state index in [0.29, 0.717) is 10.6 Å². The summed E-state index contributed by atoms with van der Waals surface area (Å²) < 4.78 is 7.36. The van der Waals surface area contributed by atoms with Crippen LogP contribution in [-0.2, 0) is 0 Å². The number of nitrogens with one attached hydrogen (secondary N) is 1. The minimum Gasteiger partial charge on any atom is -0.465 e. The van der Waals surface area contributed by atoms with Crippen molar-refractivity contribution in [1.82, 2.24) is 14.9 Å². The van der Waals surface area contributed by atoms with Gasteiger partial charge in [-0.2, -0.15) is 14.9 Å². The second-order valence-corrected chi connectivity index (χ2v) is 5.51. The Hall–Kier alpha value is -2.73. The van der Waals surface area contributed by atoms with Crippen LogP contribution in [0.4, 0.5) is 0 Å². The predicted molar refractivity (Wildman–Crippen MR) is 93.8 cm³/mol. The lowest BCUT2D eigenvalue weighted by atomic mass is 10.1. The summed E-state index contributed by atoms with van der Waals surface area (Å²) in [6.07, 6.45) is 5.27. The number of hydrogen-bond acceptors (Lipinski definition) is 4. The first-order valence-corrected chi connectivity index (χ1v) is 7.55. The first-order chi connectivity index (χ1) is 11.1. The number of furan rings is 1. The van der Waals surface area contributed by atoms with Gasteiger partial charge in [-0.25, -0.2) is 5.10 Å². The zero-order valence-electron chi connectivity index (χ0n) is 12.9. The highest BCUT2D eigenvalue weighted by Crippen LogP contribution is 2.21. The second kappa shape index (κ2) is 6.58. The summed E-state index contributed by atoms with van der Waals surface area (Å²) in [5.74, 6) is 1.47. The minimum atomic E-state index is 0.449. The number of hydrogen-bond donors (Lipinski definition) is 1. The molecule has 0 atom stereocenters. The summed E-state index contributed by atoms with van der Waals surface area (Å²) in [7, 11) is 0. The Balaban J connectivity index is 1.95. The van der Waals surface area contributed by atoms with E-state index in [1.54, 1.807) is 17.2 Å². The summed E-state index contributed by atoms with van der Waals surface area (Å²) in [5.41, 5.74) is 3.05. The zero-order valence-corrected chi connectivity index (χ0v) is 13.7. The molecule has 0 bridgehead atoms. The fraction of sp³-hybridized carbons (Fsp3) is 0.118. The molecule has 116 valence electrons. The summed E-state index contributed by atoms with van der Waals surface area (Å²) in [6, 6.07) is 11.7. The van der Waals surface area contributed by atoms with Gasteiger partial charge < -0.3 is 4.42 Å². The summed E-state index contributed by atoms with van der Waals surface area (Å²) >= 11 is 5.28. The van der Waals surface area contributed by atoms with E-state index in [9.17, 15) is 0 Å². The van der Waals surface area contributed by atoms with Gasteiger partial charge in [-0.1, -0.05) is 24.3 Å². The molecule has 1 aromatic carbocycles. The molecule has 0 spiro atoms. The lowest BCUT2D eigenvalue weighted by Gasteiger charge is -2.04. The molecule has 0 aliphatic carbocycles. The Morgan fingerprint density at radius 1 is 1.30 bits per heavy atom. The van der Waals surface area contributed by atoms with Crippen LogP contribution in [-0.4, -0.2) is 21.1 Å². The van der Waals surface area contributed by atoms with Crippen molar-refractivity contribution in [3.8, 4) is 11.4 Å². The van der Waals surface area contributed by atoms with Gasteiger partial charge in [0.05, 0.1) is 12.5 Å².